The van der Waals surface area contributed by atoms with Crippen LogP contribution >= 0.6 is 62.1 Å². The van der Waals surface area contributed by atoms with Crippen molar-refractivity contribution in [1.82, 2.24) is 5.32 Å². The van der Waals surface area contributed by atoms with E-state index in [-0.39, 0.29) is 6.04 Å². The number of hydrogen-bond donors (Lipinski definition) is 1. The molecule has 1 N–H and O–H groups in total. The fourth-order valence-corrected chi connectivity index (χ4v) is 4.17. The number of thiophene rings is 1. The van der Waals surface area contributed by atoms with E-state index < -0.39 is 0 Å². The molecule has 102 valence electrons. The first-order valence-electron chi connectivity index (χ1n) is 5.66. The van der Waals surface area contributed by atoms with Crippen LogP contribution in [0, 0.1) is 0 Å². The fraction of sp³-hybridized carbons (Fsp3) is 0.231. The largest absolute Gasteiger partial charge is 0.306 e. The molecule has 0 aliphatic heterocycles. The van der Waals surface area contributed by atoms with E-state index in [9.17, 15) is 0 Å². The van der Waals surface area contributed by atoms with Gasteiger partial charge in [0.15, 0.2) is 0 Å². The topological polar surface area (TPSA) is 12.0 Å². The molecule has 0 bridgehead atoms. The monoisotopic (exact) mass is 397 g/mol. The van der Waals surface area contributed by atoms with Gasteiger partial charge in [0.05, 0.1) is 14.9 Å². The number of rotatable bonds is 4. The predicted molar refractivity (Wildman–Crippen MR) is 89.0 cm³/mol. The van der Waals surface area contributed by atoms with E-state index in [1.165, 1.54) is 0 Å². The highest BCUT2D eigenvalue weighted by Crippen LogP contribution is 2.39. The van der Waals surface area contributed by atoms with Gasteiger partial charge in [0, 0.05) is 14.9 Å². The second kappa shape index (κ2) is 6.79. The average Bonchev–Trinajstić information content (AvgIpc) is 2.67. The summed E-state index contributed by atoms with van der Waals surface area (Å²) in [6.45, 7) is 2.89. The first-order chi connectivity index (χ1) is 9.02. The molecule has 1 nitrogen and oxygen atoms in total. The van der Waals surface area contributed by atoms with Crippen molar-refractivity contribution in [2.24, 2.45) is 0 Å². The summed E-state index contributed by atoms with van der Waals surface area (Å²) in [6, 6.07) is 7.52. The van der Waals surface area contributed by atoms with Crippen molar-refractivity contribution in [3.8, 4) is 0 Å². The molecule has 1 aromatic heterocycles. The van der Waals surface area contributed by atoms with Crippen molar-refractivity contribution in [3.05, 3.63) is 53.6 Å². The van der Waals surface area contributed by atoms with Gasteiger partial charge in [-0.3, -0.25) is 0 Å². The van der Waals surface area contributed by atoms with E-state index in [0.29, 0.717) is 15.1 Å². The summed E-state index contributed by atoms with van der Waals surface area (Å²) in [5, 5.41) is 5.42. The van der Waals surface area contributed by atoms with Crippen molar-refractivity contribution in [1.29, 1.82) is 0 Å². The Morgan fingerprint density at radius 3 is 2.47 bits per heavy atom. The maximum absolute atomic E-state index is 6.29. The molecule has 0 saturated carbocycles. The SMILES string of the molecule is CCNC(c1cc(Cl)c(Br)s1)c1ccc(Cl)cc1Cl. The van der Waals surface area contributed by atoms with Gasteiger partial charge in [0.25, 0.3) is 0 Å². The molecule has 0 amide bonds. The molecular weight excluding hydrogens is 388 g/mol. The third-order valence-corrected chi connectivity index (χ3v) is 5.73. The first-order valence-corrected chi connectivity index (χ1v) is 8.40. The van der Waals surface area contributed by atoms with Crippen LogP contribution in [0.25, 0.3) is 0 Å². The molecule has 19 heavy (non-hydrogen) atoms. The summed E-state index contributed by atoms with van der Waals surface area (Å²) in [5.74, 6) is 0. The Morgan fingerprint density at radius 2 is 1.95 bits per heavy atom. The Bertz CT molecular complexity index is 566. The first kappa shape index (κ1) is 15.6. The van der Waals surface area contributed by atoms with Crippen molar-refractivity contribution in [3.63, 3.8) is 0 Å². The lowest BCUT2D eigenvalue weighted by atomic mass is 10.1. The molecule has 2 rings (SSSR count). The zero-order valence-corrected chi connectivity index (χ0v) is 14.7. The van der Waals surface area contributed by atoms with Crippen molar-refractivity contribution in [2.45, 2.75) is 13.0 Å². The van der Waals surface area contributed by atoms with Gasteiger partial charge in [-0.1, -0.05) is 47.8 Å². The van der Waals surface area contributed by atoms with E-state index in [1.54, 1.807) is 17.4 Å². The van der Waals surface area contributed by atoms with Crippen LogP contribution in [0.15, 0.2) is 28.1 Å². The Balaban J connectivity index is 2.44. The van der Waals surface area contributed by atoms with Crippen LogP contribution in [0.2, 0.25) is 15.1 Å². The van der Waals surface area contributed by atoms with Crippen molar-refractivity contribution >= 4 is 62.1 Å². The predicted octanol–water partition coefficient (Wildman–Crippen LogP) is 6.17. The molecule has 1 aromatic carbocycles. The van der Waals surface area contributed by atoms with Crippen LogP contribution in [0.4, 0.5) is 0 Å². The summed E-state index contributed by atoms with van der Waals surface area (Å²) >= 11 is 23.4. The Morgan fingerprint density at radius 1 is 1.21 bits per heavy atom. The zero-order valence-electron chi connectivity index (χ0n) is 10.0. The van der Waals surface area contributed by atoms with Crippen LogP contribution in [0.5, 0.6) is 0 Å². The Labute approximate surface area is 140 Å². The molecule has 0 radical (unpaired) electrons. The van der Waals surface area contributed by atoms with Gasteiger partial charge in [-0.25, -0.2) is 0 Å². The molecular formula is C13H11BrCl3NS. The maximum Gasteiger partial charge on any atom is 0.0888 e. The fourth-order valence-electron chi connectivity index (χ4n) is 1.81. The maximum atomic E-state index is 6.29. The summed E-state index contributed by atoms with van der Waals surface area (Å²) in [6.07, 6.45) is 0. The molecule has 2 aromatic rings. The Hall–Kier alpha value is 0.230. The third kappa shape index (κ3) is 3.66. The molecule has 0 aliphatic carbocycles. The van der Waals surface area contributed by atoms with E-state index in [2.05, 4.69) is 28.2 Å². The van der Waals surface area contributed by atoms with Crippen LogP contribution in [-0.2, 0) is 0 Å². The van der Waals surface area contributed by atoms with Gasteiger partial charge in [0.1, 0.15) is 0 Å². The molecule has 1 heterocycles. The van der Waals surface area contributed by atoms with Gasteiger partial charge in [-0.15, -0.1) is 11.3 Å². The van der Waals surface area contributed by atoms with Crippen molar-refractivity contribution < 1.29 is 0 Å². The lowest BCUT2D eigenvalue weighted by Gasteiger charge is -2.18. The number of halogens is 4. The molecule has 0 aliphatic rings. The summed E-state index contributed by atoms with van der Waals surface area (Å²) in [4.78, 5) is 1.11. The molecule has 0 fully saturated rings. The van der Waals surface area contributed by atoms with E-state index in [4.69, 9.17) is 34.8 Å². The third-order valence-electron chi connectivity index (χ3n) is 2.63. The lowest BCUT2D eigenvalue weighted by molar-refractivity contribution is 0.640. The molecule has 0 saturated heterocycles. The minimum Gasteiger partial charge on any atom is -0.306 e. The second-order valence-corrected chi connectivity index (χ2v) is 7.58. The van der Waals surface area contributed by atoms with E-state index in [0.717, 1.165) is 20.8 Å². The Kier molecular flexibility index (Phi) is 5.58. The summed E-state index contributed by atoms with van der Waals surface area (Å²) < 4.78 is 0.928. The number of nitrogens with one attached hydrogen (secondary N) is 1. The zero-order chi connectivity index (χ0) is 14.0. The van der Waals surface area contributed by atoms with Gasteiger partial charge in [-0.2, -0.15) is 0 Å². The van der Waals surface area contributed by atoms with Gasteiger partial charge in [0.2, 0.25) is 0 Å². The molecule has 6 heteroatoms. The molecule has 1 unspecified atom stereocenters. The van der Waals surface area contributed by atoms with E-state index in [1.807, 2.05) is 18.2 Å². The summed E-state index contributed by atoms with van der Waals surface area (Å²) in [5.41, 5.74) is 0.998. The smallest absolute Gasteiger partial charge is 0.0888 e. The van der Waals surface area contributed by atoms with Crippen LogP contribution < -0.4 is 5.32 Å². The van der Waals surface area contributed by atoms with Crippen LogP contribution in [-0.4, -0.2) is 6.54 Å². The molecule has 0 spiro atoms. The van der Waals surface area contributed by atoms with E-state index >= 15 is 0 Å². The number of hydrogen-bond acceptors (Lipinski definition) is 2. The lowest BCUT2D eigenvalue weighted by Crippen LogP contribution is -2.21. The second-order valence-electron chi connectivity index (χ2n) is 3.93. The van der Waals surface area contributed by atoms with Gasteiger partial charge >= 0.3 is 0 Å². The van der Waals surface area contributed by atoms with Crippen LogP contribution in [0.3, 0.4) is 0 Å². The quantitative estimate of drug-likeness (QED) is 0.648. The minimum atomic E-state index is 0.0172. The highest BCUT2D eigenvalue weighted by atomic mass is 79.9. The minimum absolute atomic E-state index is 0.0172. The van der Waals surface area contributed by atoms with Crippen molar-refractivity contribution in [2.75, 3.05) is 6.54 Å². The number of benzene rings is 1. The average molecular weight is 400 g/mol. The highest BCUT2D eigenvalue weighted by Gasteiger charge is 2.19. The highest BCUT2D eigenvalue weighted by molar-refractivity contribution is 9.11. The summed E-state index contributed by atoms with van der Waals surface area (Å²) in [7, 11) is 0. The van der Waals surface area contributed by atoms with Gasteiger partial charge in [-0.05, 0) is 46.2 Å². The molecule has 1 atom stereocenters. The van der Waals surface area contributed by atoms with Crippen LogP contribution in [0.1, 0.15) is 23.4 Å². The van der Waals surface area contributed by atoms with Gasteiger partial charge < -0.3 is 5.32 Å². The normalized spacial score (nSPS) is 12.7. The standard InChI is InChI=1S/C13H11BrCl3NS/c1-2-18-12(11-6-10(17)13(14)19-11)8-4-3-7(15)5-9(8)16/h3-6,12,18H,2H2,1H3.